The van der Waals surface area contributed by atoms with Gasteiger partial charge in [0.1, 0.15) is 6.29 Å². The van der Waals surface area contributed by atoms with Crippen molar-refractivity contribution in [2.75, 3.05) is 6.61 Å². The summed E-state index contributed by atoms with van der Waals surface area (Å²) in [6.45, 7) is 3.27. The number of aliphatic hydroxyl groups excluding tert-OH is 2. The molecule has 0 amide bonds. The van der Waals surface area contributed by atoms with Crippen LogP contribution in [-0.4, -0.2) is 41.4 Å². The SMILES string of the molecule is C=C[C@@H]1C[C@@H](O)[C@H](C=O)[C@@H](CO)O1. The van der Waals surface area contributed by atoms with Crippen LogP contribution >= 0.6 is 0 Å². The van der Waals surface area contributed by atoms with Gasteiger partial charge in [-0.05, 0) is 0 Å². The second-order valence-electron chi connectivity index (χ2n) is 3.15. The second kappa shape index (κ2) is 4.50. The highest BCUT2D eigenvalue weighted by molar-refractivity contribution is 5.56. The molecule has 0 saturated carbocycles. The Labute approximate surface area is 76.8 Å². The van der Waals surface area contributed by atoms with E-state index in [2.05, 4.69) is 6.58 Å². The van der Waals surface area contributed by atoms with E-state index in [0.717, 1.165) is 0 Å². The van der Waals surface area contributed by atoms with Gasteiger partial charge in [0.05, 0.1) is 30.8 Å². The standard InChI is InChI=1S/C9H14O4/c1-2-6-3-8(12)7(4-10)9(5-11)13-6/h2,4,6-9,11-12H,1,3,5H2/t6-,7+,8-,9-/m1/s1. The number of hydrogen-bond acceptors (Lipinski definition) is 4. The van der Waals surface area contributed by atoms with Gasteiger partial charge in [0.2, 0.25) is 0 Å². The van der Waals surface area contributed by atoms with Crippen molar-refractivity contribution in [2.45, 2.75) is 24.7 Å². The van der Waals surface area contributed by atoms with Crippen LogP contribution in [0, 0.1) is 5.92 Å². The lowest BCUT2D eigenvalue weighted by atomic mass is 9.90. The number of rotatable bonds is 3. The van der Waals surface area contributed by atoms with Crippen LogP contribution in [0.2, 0.25) is 0 Å². The number of aldehydes is 1. The molecule has 13 heavy (non-hydrogen) atoms. The minimum absolute atomic E-state index is 0.259. The van der Waals surface area contributed by atoms with Gasteiger partial charge in [-0.1, -0.05) is 6.08 Å². The van der Waals surface area contributed by atoms with Crippen LogP contribution in [-0.2, 0) is 9.53 Å². The van der Waals surface area contributed by atoms with Gasteiger partial charge in [0.25, 0.3) is 0 Å². The van der Waals surface area contributed by atoms with Crippen molar-refractivity contribution in [3.63, 3.8) is 0 Å². The maximum absolute atomic E-state index is 10.6. The van der Waals surface area contributed by atoms with Gasteiger partial charge in [0.15, 0.2) is 0 Å². The minimum Gasteiger partial charge on any atom is -0.394 e. The molecule has 0 spiro atoms. The van der Waals surface area contributed by atoms with Crippen molar-refractivity contribution in [3.05, 3.63) is 12.7 Å². The van der Waals surface area contributed by atoms with Crippen LogP contribution in [0.1, 0.15) is 6.42 Å². The molecule has 1 rings (SSSR count). The molecule has 0 radical (unpaired) electrons. The zero-order valence-corrected chi connectivity index (χ0v) is 7.30. The Balaban J connectivity index is 2.67. The van der Waals surface area contributed by atoms with Crippen LogP contribution in [0.5, 0.6) is 0 Å². The van der Waals surface area contributed by atoms with Gasteiger partial charge in [-0.15, -0.1) is 6.58 Å². The molecule has 0 bridgehead atoms. The van der Waals surface area contributed by atoms with Gasteiger partial charge in [-0.3, -0.25) is 0 Å². The Morgan fingerprint density at radius 3 is 2.77 bits per heavy atom. The van der Waals surface area contributed by atoms with Crippen molar-refractivity contribution in [2.24, 2.45) is 5.92 Å². The zero-order valence-electron chi connectivity index (χ0n) is 7.30. The normalized spacial score (nSPS) is 39.8. The molecular weight excluding hydrogens is 172 g/mol. The van der Waals surface area contributed by atoms with E-state index in [1.165, 1.54) is 0 Å². The first-order valence-corrected chi connectivity index (χ1v) is 4.25. The molecule has 4 heteroatoms. The summed E-state index contributed by atoms with van der Waals surface area (Å²) in [5.74, 6) is -0.624. The van der Waals surface area contributed by atoms with E-state index in [-0.39, 0.29) is 12.7 Å². The van der Waals surface area contributed by atoms with Gasteiger partial charge < -0.3 is 19.7 Å². The number of ether oxygens (including phenoxy) is 1. The van der Waals surface area contributed by atoms with Crippen molar-refractivity contribution < 1.29 is 19.7 Å². The van der Waals surface area contributed by atoms with Crippen molar-refractivity contribution in [1.29, 1.82) is 0 Å². The summed E-state index contributed by atoms with van der Waals surface area (Å²) in [6, 6.07) is 0. The number of hydrogen-bond donors (Lipinski definition) is 2. The van der Waals surface area contributed by atoms with Crippen molar-refractivity contribution in [3.8, 4) is 0 Å². The second-order valence-corrected chi connectivity index (χ2v) is 3.15. The predicted octanol–water partition coefficient (Wildman–Crippen LogP) is -0.502. The van der Waals surface area contributed by atoms with Crippen molar-refractivity contribution >= 4 is 6.29 Å². The zero-order chi connectivity index (χ0) is 9.84. The molecule has 1 aliphatic heterocycles. The third kappa shape index (κ3) is 2.15. The summed E-state index contributed by atoms with van der Waals surface area (Å²) in [5.41, 5.74) is 0. The Kier molecular flexibility index (Phi) is 3.59. The molecule has 4 atom stereocenters. The van der Waals surface area contributed by atoms with E-state index in [1.807, 2.05) is 0 Å². The molecule has 1 saturated heterocycles. The van der Waals surface area contributed by atoms with Crippen LogP contribution < -0.4 is 0 Å². The molecular formula is C9H14O4. The first-order valence-electron chi connectivity index (χ1n) is 4.25. The van der Waals surface area contributed by atoms with Crippen LogP contribution in [0.3, 0.4) is 0 Å². The fourth-order valence-electron chi connectivity index (χ4n) is 1.51. The molecule has 4 nitrogen and oxygen atoms in total. The molecule has 1 fully saturated rings. The van der Waals surface area contributed by atoms with E-state index >= 15 is 0 Å². The Hall–Kier alpha value is -0.710. The van der Waals surface area contributed by atoms with E-state index in [0.29, 0.717) is 12.7 Å². The quantitative estimate of drug-likeness (QED) is 0.460. The molecule has 2 N–H and O–H groups in total. The lowest BCUT2D eigenvalue weighted by Crippen LogP contribution is -2.46. The fraction of sp³-hybridized carbons (Fsp3) is 0.667. The molecule has 74 valence electrons. The predicted molar refractivity (Wildman–Crippen MR) is 46.1 cm³/mol. The van der Waals surface area contributed by atoms with Crippen LogP contribution in [0.25, 0.3) is 0 Å². The monoisotopic (exact) mass is 186 g/mol. The summed E-state index contributed by atoms with van der Waals surface area (Å²) < 4.78 is 5.30. The third-order valence-corrected chi connectivity index (χ3v) is 2.30. The first kappa shape index (κ1) is 10.4. The van der Waals surface area contributed by atoms with E-state index < -0.39 is 18.1 Å². The highest BCUT2D eigenvalue weighted by Crippen LogP contribution is 2.24. The highest BCUT2D eigenvalue weighted by atomic mass is 16.5. The molecule has 1 aliphatic rings. The van der Waals surface area contributed by atoms with Crippen molar-refractivity contribution in [1.82, 2.24) is 0 Å². The summed E-state index contributed by atoms with van der Waals surface area (Å²) in [5, 5.41) is 18.4. The number of carbonyl (C=O) groups excluding carboxylic acids is 1. The van der Waals surface area contributed by atoms with Gasteiger partial charge in [-0.2, -0.15) is 0 Å². The first-order chi connectivity index (χ1) is 6.22. The van der Waals surface area contributed by atoms with E-state index in [4.69, 9.17) is 9.84 Å². The average Bonchev–Trinajstić information content (AvgIpc) is 2.16. The smallest absolute Gasteiger partial charge is 0.128 e. The summed E-state index contributed by atoms with van der Waals surface area (Å²) in [4.78, 5) is 10.6. The summed E-state index contributed by atoms with van der Waals surface area (Å²) in [7, 11) is 0. The maximum Gasteiger partial charge on any atom is 0.128 e. The number of carbonyl (C=O) groups is 1. The summed E-state index contributed by atoms with van der Waals surface area (Å²) in [6.07, 6.45) is 0.931. The molecule has 0 aromatic heterocycles. The largest absolute Gasteiger partial charge is 0.394 e. The molecule has 0 aromatic rings. The third-order valence-electron chi connectivity index (χ3n) is 2.30. The van der Waals surface area contributed by atoms with Gasteiger partial charge in [-0.25, -0.2) is 0 Å². The molecule has 0 unspecified atom stereocenters. The molecule has 0 aliphatic carbocycles. The molecule has 1 heterocycles. The molecule has 0 aromatic carbocycles. The highest BCUT2D eigenvalue weighted by Gasteiger charge is 2.36. The van der Waals surface area contributed by atoms with Crippen LogP contribution in [0.4, 0.5) is 0 Å². The van der Waals surface area contributed by atoms with E-state index in [1.54, 1.807) is 6.08 Å². The Bertz CT molecular complexity index is 192. The average molecular weight is 186 g/mol. The van der Waals surface area contributed by atoms with E-state index in [9.17, 15) is 9.90 Å². The topological polar surface area (TPSA) is 66.8 Å². The lowest BCUT2D eigenvalue weighted by molar-refractivity contribution is -0.148. The van der Waals surface area contributed by atoms with Gasteiger partial charge >= 0.3 is 0 Å². The van der Waals surface area contributed by atoms with Gasteiger partial charge in [0, 0.05) is 6.42 Å². The number of aliphatic hydroxyl groups is 2. The fourth-order valence-corrected chi connectivity index (χ4v) is 1.51. The Morgan fingerprint density at radius 1 is 1.62 bits per heavy atom. The minimum atomic E-state index is -0.744. The lowest BCUT2D eigenvalue weighted by Gasteiger charge is -2.35. The van der Waals surface area contributed by atoms with Crippen LogP contribution in [0.15, 0.2) is 12.7 Å². The Morgan fingerprint density at radius 2 is 2.31 bits per heavy atom. The maximum atomic E-state index is 10.6. The summed E-state index contributed by atoms with van der Waals surface area (Å²) >= 11 is 0.